The molecule has 0 saturated heterocycles. The fourth-order valence-corrected chi connectivity index (χ4v) is 1.92. The summed E-state index contributed by atoms with van der Waals surface area (Å²) in [6.45, 7) is 8.42. The van der Waals surface area contributed by atoms with Gasteiger partial charge in [0.25, 0.3) is 0 Å². The molecule has 0 spiro atoms. The topological polar surface area (TPSA) is 72.3 Å². The minimum atomic E-state index is -0.982. The lowest BCUT2D eigenvalue weighted by atomic mass is 10.0. The van der Waals surface area contributed by atoms with Gasteiger partial charge >= 0.3 is 5.97 Å². The van der Waals surface area contributed by atoms with E-state index in [1.165, 1.54) is 6.20 Å². The zero-order valence-electron chi connectivity index (χ0n) is 12.1. The molecule has 1 rings (SSSR count). The van der Waals surface area contributed by atoms with Gasteiger partial charge in [-0.3, -0.25) is 0 Å². The number of carboxylic acids is 1. The van der Waals surface area contributed by atoms with Crippen molar-refractivity contribution in [2.75, 3.05) is 6.61 Å². The Labute approximate surface area is 114 Å². The third kappa shape index (κ3) is 3.50. The first kappa shape index (κ1) is 15.6. The highest BCUT2D eigenvalue weighted by Crippen LogP contribution is 2.26. The Bertz CT molecular complexity index is 448. The smallest absolute Gasteiger partial charge is 0.339 e. The average Bonchev–Trinajstić information content (AvgIpc) is 2.39. The molecule has 0 aliphatic rings. The van der Waals surface area contributed by atoms with Crippen molar-refractivity contribution in [2.45, 2.75) is 52.6 Å². The van der Waals surface area contributed by atoms with Crippen LogP contribution < -0.4 is 0 Å². The molecule has 0 bridgehead atoms. The van der Waals surface area contributed by atoms with E-state index in [2.05, 4.69) is 9.97 Å². The van der Waals surface area contributed by atoms with Crippen molar-refractivity contribution < 1.29 is 14.6 Å². The summed E-state index contributed by atoms with van der Waals surface area (Å²) in [4.78, 5) is 19.8. The Morgan fingerprint density at radius 3 is 2.58 bits per heavy atom. The van der Waals surface area contributed by atoms with Gasteiger partial charge in [0.15, 0.2) is 5.82 Å². The number of ether oxygens (including phenoxy) is 1. The largest absolute Gasteiger partial charge is 0.478 e. The van der Waals surface area contributed by atoms with E-state index >= 15 is 0 Å². The number of nitrogens with zero attached hydrogens (tertiary/aromatic N) is 2. The van der Waals surface area contributed by atoms with E-state index in [1.54, 1.807) is 0 Å². The molecular formula is C14H22N2O3. The van der Waals surface area contributed by atoms with Gasteiger partial charge in [0.2, 0.25) is 0 Å². The van der Waals surface area contributed by atoms with Crippen molar-refractivity contribution in [1.29, 1.82) is 0 Å². The van der Waals surface area contributed by atoms with Crippen LogP contribution >= 0.6 is 0 Å². The summed E-state index contributed by atoms with van der Waals surface area (Å²) in [5.41, 5.74) is 0.203. The highest BCUT2D eigenvalue weighted by molar-refractivity contribution is 5.88. The van der Waals surface area contributed by atoms with E-state index in [1.807, 2.05) is 27.7 Å². The van der Waals surface area contributed by atoms with E-state index in [4.69, 9.17) is 9.84 Å². The first-order chi connectivity index (χ1) is 8.98. The number of hydrogen-bond donors (Lipinski definition) is 1. The van der Waals surface area contributed by atoms with Crippen molar-refractivity contribution in [3.05, 3.63) is 23.3 Å². The molecule has 0 fully saturated rings. The average molecular weight is 266 g/mol. The van der Waals surface area contributed by atoms with Crippen molar-refractivity contribution in [1.82, 2.24) is 9.97 Å². The van der Waals surface area contributed by atoms with Crippen molar-refractivity contribution in [2.24, 2.45) is 0 Å². The quantitative estimate of drug-likeness (QED) is 0.821. The Morgan fingerprint density at radius 2 is 2.11 bits per heavy atom. The summed E-state index contributed by atoms with van der Waals surface area (Å²) in [7, 11) is 0. The Kier molecular flexibility index (Phi) is 5.42. The number of aryl methyl sites for hydroxylation is 1. The molecule has 0 aromatic carbocycles. The second kappa shape index (κ2) is 6.61. The lowest BCUT2D eigenvalue weighted by Gasteiger charge is -2.27. The van der Waals surface area contributed by atoms with Crippen LogP contribution in [-0.2, 0) is 16.8 Å². The van der Waals surface area contributed by atoms with Crippen molar-refractivity contribution in [3.63, 3.8) is 0 Å². The fraction of sp³-hybridized carbons (Fsp3) is 0.643. The van der Waals surface area contributed by atoms with Gasteiger partial charge in [-0.15, -0.1) is 0 Å². The zero-order valence-corrected chi connectivity index (χ0v) is 12.1. The Balaban J connectivity index is 3.23. The highest BCUT2D eigenvalue weighted by atomic mass is 16.5. The van der Waals surface area contributed by atoms with Crippen LogP contribution in [0.4, 0.5) is 0 Å². The fourth-order valence-electron chi connectivity index (χ4n) is 1.92. The molecule has 1 unspecified atom stereocenters. The second-order valence-electron chi connectivity index (χ2n) is 4.63. The molecule has 0 aliphatic heterocycles. The van der Waals surface area contributed by atoms with Gasteiger partial charge in [0, 0.05) is 12.8 Å². The SMILES string of the molecule is CCCc1nc(C(C)(CC)OCC)ncc1C(=O)O. The molecule has 5 heteroatoms. The number of rotatable bonds is 7. The number of carboxylic acid groups (broad SMARTS) is 1. The summed E-state index contributed by atoms with van der Waals surface area (Å²) < 4.78 is 5.73. The zero-order chi connectivity index (χ0) is 14.5. The molecule has 1 aromatic heterocycles. The molecule has 1 atom stereocenters. The third-order valence-corrected chi connectivity index (χ3v) is 3.20. The maximum absolute atomic E-state index is 11.1. The number of aromatic nitrogens is 2. The van der Waals surface area contributed by atoms with E-state index < -0.39 is 11.6 Å². The summed E-state index contributed by atoms with van der Waals surface area (Å²) >= 11 is 0. The highest BCUT2D eigenvalue weighted by Gasteiger charge is 2.29. The molecule has 19 heavy (non-hydrogen) atoms. The first-order valence-corrected chi connectivity index (χ1v) is 6.72. The van der Waals surface area contributed by atoms with Crippen LogP contribution in [0.5, 0.6) is 0 Å². The maximum Gasteiger partial charge on any atom is 0.339 e. The molecule has 106 valence electrons. The molecule has 0 amide bonds. The lowest BCUT2D eigenvalue weighted by molar-refractivity contribution is -0.0392. The number of carbonyl (C=O) groups is 1. The van der Waals surface area contributed by atoms with Crippen molar-refractivity contribution in [3.8, 4) is 0 Å². The monoisotopic (exact) mass is 266 g/mol. The van der Waals surface area contributed by atoms with Gasteiger partial charge in [-0.1, -0.05) is 20.3 Å². The predicted molar refractivity (Wildman–Crippen MR) is 72.3 cm³/mol. The minimum absolute atomic E-state index is 0.181. The van der Waals surface area contributed by atoms with Crippen LogP contribution in [0.1, 0.15) is 62.4 Å². The maximum atomic E-state index is 11.1. The van der Waals surface area contributed by atoms with E-state index in [0.29, 0.717) is 24.5 Å². The standard InChI is InChI=1S/C14H22N2O3/c1-5-8-11-10(12(17)18)9-15-13(16-11)14(4,6-2)19-7-3/h9H,5-8H2,1-4H3,(H,17,18). The summed E-state index contributed by atoms with van der Waals surface area (Å²) in [5.74, 6) is -0.421. The van der Waals surface area contributed by atoms with Gasteiger partial charge < -0.3 is 9.84 Å². The number of hydrogen-bond acceptors (Lipinski definition) is 4. The molecule has 1 heterocycles. The van der Waals surface area contributed by atoms with Gasteiger partial charge in [0.05, 0.1) is 11.3 Å². The third-order valence-electron chi connectivity index (χ3n) is 3.20. The lowest BCUT2D eigenvalue weighted by Crippen LogP contribution is -2.29. The molecular weight excluding hydrogens is 244 g/mol. The first-order valence-electron chi connectivity index (χ1n) is 6.72. The van der Waals surface area contributed by atoms with Gasteiger partial charge in [-0.05, 0) is 26.7 Å². The summed E-state index contributed by atoms with van der Waals surface area (Å²) in [6, 6.07) is 0. The summed E-state index contributed by atoms with van der Waals surface area (Å²) in [5, 5.41) is 9.14. The number of aromatic carboxylic acids is 1. The van der Waals surface area contributed by atoms with E-state index in [9.17, 15) is 4.79 Å². The van der Waals surface area contributed by atoms with Gasteiger partial charge in [0.1, 0.15) is 5.60 Å². The van der Waals surface area contributed by atoms with E-state index in [0.717, 1.165) is 12.8 Å². The van der Waals surface area contributed by atoms with E-state index in [-0.39, 0.29) is 5.56 Å². The molecule has 1 N–H and O–H groups in total. The van der Waals surface area contributed by atoms with Crippen LogP contribution in [0.3, 0.4) is 0 Å². The molecule has 0 aliphatic carbocycles. The molecule has 0 radical (unpaired) electrons. The van der Waals surface area contributed by atoms with Crippen LogP contribution in [0.15, 0.2) is 6.20 Å². The second-order valence-corrected chi connectivity index (χ2v) is 4.63. The van der Waals surface area contributed by atoms with Crippen LogP contribution in [-0.4, -0.2) is 27.7 Å². The molecule has 0 saturated carbocycles. The molecule has 5 nitrogen and oxygen atoms in total. The van der Waals surface area contributed by atoms with Gasteiger partial charge in [-0.25, -0.2) is 14.8 Å². The van der Waals surface area contributed by atoms with Crippen LogP contribution in [0.25, 0.3) is 0 Å². The van der Waals surface area contributed by atoms with Crippen LogP contribution in [0, 0.1) is 0 Å². The molecule has 1 aromatic rings. The van der Waals surface area contributed by atoms with Crippen LogP contribution in [0.2, 0.25) is 0 Å². The summed E-state index contributed by atoms with van der Waals surface area (Å²) in [6.07, 6.45) is 3.60. The normalized spacial score (nSPS) is 14.1. The minimum Gasteiger partial charge on any atom is -0.478 e. The Hall–Kier alpha value is -1.49. The van der Waals surface area contributed by atoms with Crippen molar-refractivity contribution >= 4 is 5.97 Å². The predicted octanol–water partition coefficient (Wildman–Crippen LogP) is 2.79. The Morgan fingerprint density at radius 1 is 1.42 bits per heavy atom. The van der Waals surface area contributed by atoms with Gasteiger partial charge in [-0.2, -0.15) is 0 Å².